The fraction of sp³-hybridized carbons (Fsp3) is 0.312. The monoisotopic (exact) mass is 316 g/mol. The smallest absolute Gasteiger partial charge is 0.262 e. The van der Waals surface area contributed by atoms with Gasteiger partial charge >= 0.3 is 0 Å². The highest BCUT2D eigenvalue weighted by Crippen LogP contribution is 2.27. The minimum atomic E-state index is -0.632. The average molecular weight is 316 g/mol. The molecule has 1 atom stereocenters. The summed E-state index contributed by atoms with van der Waals surface area (Å²) in [5.41, 5.74) is 2.08. The highest BCUT2D eigenvalue weighted by molar-refractivity contribution is 7.12. The number of rotatable bonds is 2. The number of piperidine rings is 1. The van der Waals surface area contributed by atoms with Crippen LogP contribution in [0.2, 0.25) is 0 Å². The summed E-state index contributed by atoms with van der Waals surface area (Å²) in [6.45, 7) is 0. The lowest BCUT2D eigenvalue weighted by atomic mass is 10.0. The van der Waals surface area contributed by atoms with Crippen molar-refractivity contribution in [3.8, 4) is 0 Å². The van der Waals surface area contributed by atoms with Crippen LogP contribution < -0.4 is 10.6 Å². The van der Waals surface area contributed by atoms with Crippen molar-refractivity contribution in [3.05, 3.63) is 39.6 Å². The third-order valence-electron chi connectivity index (χ3n) is 3.76. The van der Waals surface area contributed by atoms with Crippen molar-refractivity contribution in [2.75, 3.05) is 0 Å². The maximum absolute atomic E-state index is 12.5. The zero-order chi connectivity index (χ0) is 15.5. The molecule has 0 bridgehead atoms. The highest BCUT2D eigenvalue weighted by atomic mass is 32.1. The molecule has 1 aromatic rings. The van der Waals surface area contributed by atoms with Crippen molar-refractivity contribution in [2.24, 2.45) is 0 Å². The van der Waals surface area contributed by atoms with Crippen LogP contribution in [0, 0.1) is 0 Å². The van der Waals surface area contributed by atoms with Crippen LogP contribution in [-0.4, -0.2) is 23.8 Å². The molecule has 1 saturated heterocycles. The number of hydrogen-bond acceptors (Lipinski definition) is 4. The number of amides is 3. The van der Waals surface area contributed by atoms with Gasteiger partial charge in [-0.2, -0.15) is 0 Å². The second kappa shape index (κ2) is 6.27. The SMILES string of the molecule is O=C1CCC(NC(=O)c2scc3c2CCC=CC=C3)C(=O)N1. The van der Waals surface area contributed by atoms with E-state index in [1.54, 1.807) is 0 Å². The first kappa shape index (κ1) is 14.7. The molecule has 5 nitrogen and oxygen atoms in total. The minimum Gasteiger partial charge on any atom is -0.340 e. The van der Waals surface area contributed by atoms with E-state index in [4.69, 9.17) is 0 Å². The van der Waals surface area contributed by atoms with Crippen LogP contribution in [-0.2, 0) is 16.0 Å². The van der Waals surface area contributed by atoms with Crippen LogP contribution in [0.5, 0.6) is 0 Å². The Labute approximate surface area is 132 Å². The molecule has 2 N–H and O–H groups in total. The number of imide groups is 1. The number of hydrogen-bond donors (Lipinski definition) is 2. The molecule has 1 fully saturated rings. The maximum atomic E-state index is 12.5. The van der Waals surface area contributed by atoms with Crippen molar-refractivity contribution in [2.45, 2.75) is 31.7 Å². The minimum absolute atomic E-state index is 0.237. The zero-order valence-electron chi connectivity index (χ0n) is 11.9. The van der Waals surface area contributed by atoms with Gasteiger partial charge in [-0.1, -0.05) is 24.3 Å². The first-order valence-electron chi connectivity index (χ1n) is 7.23. The predicted molar refractivity (Wildman–Crippen MR) is 84.5 cm³/mol. The molecule has 3 rings (SSSR count). The average Bonchev–Trinajstić information content (AvgIpc) is 2.84. The van der Waals surface area contributed by atoms with Crippen molar-refractivity contribution in [1.29, 1.82) is 0 Å². The van der Waals surface area contributed by atoms with Crippen LogP contribution in [0.25, 0.3) is 6.08 Å². The fourth-order valence-corrected chi connectivity index (χ4v) is 3.59. The lowest BCUT2D eigenvalue weighted by molar-refractivity contribution is -0.134. The molecular formula is C16H16N2O3S. The van der Waals surface area contributed by atoms with Gasteiger partial charge in [-0.3, -0.25) is 19.7 Å². The summed E-state index contributed by atoms with van der Waals surface area (Å²) in [5.74, 6) is -0.945. The van der Waals surface area contributed by atoms with Gasteiger partial charge in [-0.15, -0.1) is 11.3 Å². The zero-order valence-corrected chi connectivity index (χ0v) is 12.7. The number of thiophene rings is 1. The van der Waals surface area contributed by atoms with Gasteiger partial charge < -0.3 is 5.32 Å². The van der Waals surface area contributed by atoms with E-state index in [-0.39, 0.29) is 18.2 Å². The molecule has 2 heterocycles. The van der Waals surface area contributed by atoms with Crippen molar-refractivity contribution in [1.82, 2.24) is 10.6 Å². The molecular weight excluding hydrogens is 300 g/mol. The van der Waals surface area contributed by atoms with Crippen LogP contribution >= 0.6 is 11.3 Å². The molecule has 0 aromatic carbocycles. The highest BCUT2D eigenvalue weighted by Gasteiger charge is 2.29. The molecule has 0 spiro atoms. The summed E-state index contributed by atoms with van der Waals surface area (Å²) < 4.78 is 0. The standard InChI is InChI=1S/C16H16N2O3S/c19-13-8-7-12(15(20)18-13)17-16(21)14-11-6-4-2-1-3-5-10(11)9-22-14/h1-3,5,9,12H,4,6-8H2,(H,17,21)(H,18,19,20). The summed E-state index contributed by atoms with van der Waals surface area (Å²) in [5, 5.41) is 6.96. The molecule has 1 aliphatic heterocycles. The number of carbonyl (C=O) groups is 3. The largest absolute Gasteiger partial charge is 0.340 e. The molecule has 0 radical (unpaired) electrons. The Morgan fingerprint density at radius 1 is 1.27 bits per heavy atom. The molecule has 2 aliphatic rings. The maximum Gasteiger partial charge on any atom is 0.262 e. The third-order valence-corrected chi connectivity index (χ3v) is 4.80. The van der Waals surface area contributed by atoms with Crippen LogP contribution in [0.15, 0.2) is 23.6 Å². The van der Waals surface area contributed by atoms with E-state index in [2.05, 4.69) is 16.7 Å². The Morgan fingerprint density at radius 3 is 2.95 bits per heavy atom. The van der Waals surface area contributed by atoms with Gasteiger partial charge in [0, 0.05) is 6.42 Å². The van der Waals surface area contributed by atoms with Gasteiger partial charge in [0.1, 0.15) is 6.04 Å². The van der Waals surface area contributed by atoms with E-state index in [0.29, 0.717) is 11.3 Å². The van der Waals surface area contributed by atoms with E-state index in [1.165, 1.54) is 11.3 Å². The second-order valence-electron chi connectivity index (χ2n) is 5.30. The predicted octanol–water partition coefficient (Wildman–Crippen LogP) is 1.80. The molecule has 22 heavy (non-hydrogen) atoms. The first-order chi connectivity index (χ1) is 10.6. The van der Waals surface area contributed by atoms with Crippen molar-refractivity contribution < 1.29 is 14.4 Å². The lowest BCUT2D eigenvalue weighted by Crippen LogP contribution is -2.52. The van der Waals surface area contributed by atoms with Crippen molar-refractivity contribution >= 4 is 35.1 Å². The summed E-state index contributed by atoms with van der Waals surface area (Å²) in [6.07, 6.45) is 10.3. The molecule has 1 unspecified atom stereocenters. The summed E-state index contributed by atoms with van der Waals surface area (Å²) >= 11 is 1.39. The Balaban J connectivity index is 1.76. The van der Waals surface area contributed by atoms with Gasteiger partial charge in [0.2, 0.25) is 11.8 Å². The van der Waals surface area contributed by atoms with Gasteiger partial charge in [-0.25, -0.2) is 0 Å². The van der Waals surface area contributed by atoms with E-state index < -0.39 is 11.9 Å². The van der Waals surface area contributed by atoms with E-state index in [0.717, 1.165) is 24.0 Å². The molecule has 0 saturated carbocycles. The fourth-order valence-electron chi connectivity index (χ4n) is 2.60. The third kappa shape index (κ3) is 3.01. The van der Waals surface area contributed by atoms with Crippen molar-refractivity contribution in [3.63, 3.8) is 0 Å². The topological polar surface area (TPSA) is 75.3 Å². The number of nitrogens with one attached hydrogen (secondary N) is 2. The van der Waals surface area contributed by atoms with Crippen LogP contribution in [0.3, 0.4) is 0 Å². The number of fused-ring (bicyclic) bond motifs is 1. The second-order valence-corrected chi connectivity index (χ2v) is 6.18. The quantitative estimate of drug-likeness (QED) is 0.817. The molecule has 6 heteroatoms. The first-order valence-corrected chi connectivity index (χ1v) is 8.11. The van der Waals surface area contributed by atoms with Crippen LogP contribution in [0.1, 0.15) is 40.1 Å². The van der Waals surface area contributed by atoms with Gasteiger partial charge in [0.15, 0.2) is 0 Å². The van der Waals surface area contributed by atoms with Gasteiger partial charge in [0.05, 0.1) is 4.88 Å². The normalized spacial score (nSPS) is 20.8. The summed E-state index contributed by atoms with van der Waals surface area (Å²) in [4.78, 5) is 36.0. The van der Waals surface area contributed by atoms with E-state index in [9.17, 15) is 14.4 Å². The molecule has 1 aromatic heterocycles. The molecule has 1 aliphatic carbocycles. The Morgan fingerprint density at radius 2 is 2.14 bits per heavy atom. The summed E-state index contributed by atoms with van der Waals surface area (Å²) in [6, 6.07) is -0.632. The Hall–Kier alpha value is -2.21. The Kier molecular flexibility index (Phi) is 4.20. The van der Waals surface area contributed by atoms with Crippen LogP contribution in [0.4, 0.5) is 0 Å². The van der Waals surface area contributed by atoms with E-state index >= 15 is 0 Å². The van der Waals surface area contributed by atoms with Gasteiger partial charge in [-0.05, 0) is 35.8 Å². The molecule has 3 amide bonds. The molecule has 114 valence electrons. The number of carbonyl (C=O) groups excluding carboxylic acids is 3. The number of allylic oxidation sites excluding steroid dienone is 3. The van der Waals surface area contributed by atoms with E-state index in [1.807, 2.05) is 23.6 Å². The van der Waals surface area contributed by atoms with Gasteiger partial charge in [0.25, 0.3) is 5.91 Å². The Bertz CT molecular complexity index is 688. The summed E-state index contributed by atoms with van der Waals surface area (Å²) in [7, 11) is 0. The lowest BCUT2D eigenvalue weighted by Gasteiger charge is -2.21.